The number of thiol groups is 1. The number of amides is 1. The summed E-state index contributed by atoms with van der Waals surface area (Å²) in [6.07, 6.45) is -3.23. The van der Waals surface area contributed by atoms with E-state index in [2.05, 4.69) is 79.8 Å². The van der Waals surface area contributed by atoms with Gasteiger partial charge in [0.05, 0.1) is 35.5 Å². The molecule has 3 unspecified atom stereocenters. The van der Waals surface area contributed by atoms with E-state index in [1.807, 2.05) is 20.9 Å². The van der Waals surface area contributed by atoms with Crippen LogP contribution < -0.4 is 10.0 Å². The number of nitrogens with one attached hydrogen (secondary N) is 2. The van der Waals surface area contributed by atoms with Crippen molar-refractivity contribution in [3.8, 4) is 11.1 Å². The van der Waals surface area contributed by atoms with Crippen molar-refractivity contribution in [1.29, 1.82) is 0 Å². The minimum absolute atomic E-state index is 0. The number of anilines is 1. The summed E-state index contributed by atoms with van der Waals surface area (Å²) in [4.78, 5) is 29.0. The number of hydrogen-bond donors (Lipinski definition) is 4. The Hall–Kier alpha value is -3.98. The van der Waals surface area contributed by atoms with Gasteiger partial charge in [0.2, 0.25) is 5.91 Å². The second kappa shape index (κ2) is 18.5. The highest BCUT2D eigenvalue weighted by Crippen LogP contribution is 2.44. The highest BCUT2D eigenvalue weighted by molar-refractivity contribution is 7.78. The second-order valence-corrected chi connectivity index (χ2v) is 12.8. The molecule has 278 valence electrons. The number of imidazole rings is 1. The van der Waals surface area contributed by atoms with Crippen molar-refractivity contribution in [3.63, 3.8) is 0 Å². The number of aromatic nitrogens is 2. The molecular formula is C37H47F4N5O4S. The summed E-state index contributed by atoms with van der Waals surface area (Å²) in [5, 5.41) is 9.49. The number of carbonyl (C=O) groups is 2. The Kier molecular flexibility index (Phi) is 15.0. The molecule has 2 aliphatic rings. The second-order valence-electron chi connectivity index (χ2n) is 12.4. The molecule has 6 rings (SSSR count). The van der Waals surface area contributed by atoms with Gasteiger partial charge in [-0.1, -0.05) is 57.5 Å². The van der Waals surface area contributed by atoms with E-state index in [9.17, 15) is 22.4 Å². The molecule has 2 fully saturated rings. The Balaban J connectivity index is 0.000000939. The van der Waals surface area contributed by atoms with E-state index in [1.54, 1.807) is 7.05 Å². The third-order valence-corrected chi connectivity index (χ3v) is 9.55. The van der Waals surface area contributed by atoms with Gasteiger partial charge in [-0.2, -0.15) is 13.2 Å². The monoisotopic (exact) mass is 733 g/mol. The number of carboxylic acid groups (broad SMARTS) is 1. The van der Waals surface area contributed by atoms with Crippen LogP contribution in [0.4, 0.5) is 23.2 Å². The average Bonchev–Trinajstić information content (AvgIpc) is 3.38. The summed E-state index contributed by atoms with van der Waals surface area (Å²) in [6.45, 7) is 6.55. The Labute approximate surface area is 301 Å². The van der Waals surface area contributed by atoms with Gasteiger partial charge in [0.1, 0.15) is 11.6 Å². The molecule has 4 aromatic rings. The maximum atomic E-state index is 14.7. The predicted molar refractivity (Wildman–Crippen MR) is 195 cm³/mol. The first-order chi connectivity index (χ1) is 23.8. The third-order valence-electron chi connectivity index (χ3n) is 9.55. The lowest BCUT2D eigenvalue weighted by molar-refractivity contribution is -0.137. The van der Waals surface area contributed by atoms with E-state index in [-0.39, 0.29) is 43.4 Å². The van der Waals surface area contributed by atoms with Crippen molar-refractivity contribution in [3.05, 3.63) is 83.4 Å². The first-order valence-electron chi connectivity index (χ1n) is 16.2. The third kappa shape index (κ3) is 10.1. The average molecular weight is 734 g/mol. The lowest BCUT2D eigenvalue weighted by Gasteiger charge is -2.45. The van der Waals surface area contributed by atoms with Gasteiger partial charge in [0, 0.05) is 32.1 Å². The minimum Gasteiger partial charge on any atom is -0.483 e. The minimum atomic E-state index is -4.67. The van der Waals surface area contributed by atoms with Crippen molar-refractivity contribution in [1.82, 2.24) is 19.2 Å². The van der Waals surface area contributed by atoms with Crippen LogP contribution in [-0.2, 0) is 27.5 Å². The number of fused-ring (bicyclic) bond motifs is 1. The zero-order valence-corrected chi connectivity index (χ0v) is 29.3. The van der Waals surface area contributed by atoms with Gasteiger partial charge in [-0.15, -0.1) is 0 Å². The number of alkyl halides is 3. The van der Waals surface area contributed by atoms with Crippen LogP contribution in [0.25, 0.3) is 22.2 Å². The number of benzene rings is 3. The molecule has 1 saturated carbocycles. The molecule has 1 saturated heterocycles. The number of nitrogens with zero attached hydrogens (tertiary/aromatic N) is 3. The van der Waals surface area contributed by atoms with Gasteiger partial charge >= 0.3 is 6.18 Å². The first-order valence-corrected chi connectivity index (χ1v) is 16.7. The van der Waals surface area contributed by atoms with E-state index in [0.717, 1.165) is 65.2 Å². The summed E-state index contributed by atoms with van der Waals surface area (Å²) >= 11 is 3.54. The lowest BCUT2D eigenvalue weighted by atomic mass is 9.67. The molecule has 4 atom stereocenters. The Morgan fingerprint density at radius 1 is 1.04 bits per heavy atom. The maximum absolute atomic E-state index is 14.7. The zero-order valence-electron chi connectivity index (χ0n) is 28.4. The number of rotatable bonds is 5. The van der Waals surface area contributed by atoms with E-state index in [4.69, 9.17) is 14.6 Å². The Morgan fingerprint density at radius 3 is 2.24 bits per heavy atom. The molecule has 0 radical (unpaired) electrons. The molecule has 1 amide bonds. The van der Waals surface area contributed by atoms with E-state index in [1.165, 1.54) is 0 Å². The molecule has 0 bridgehead atoms. The molecule has 9 nitrogen and oxygen atoms in total. The normalized spacial score (nSPS) is 20.6. The maximum Gasteiger partial charge on any atom is 0.416 e. The van der Waals surface area contributed by atoms with Gasteiger partial charge in [-0.05, 0) is 85.7 Å². The molecule has 0 spiro atoms. The molecule has 1 aromatic heterocycles. The summed E-state index contributed by atoms with van der Waals surface area (Å²) in [5.74, 6) is -1.02. The zero-order chi connectivity index (χ0) is 36.6. The van der Waals surface area contributed by atoms with Crippen LogP contribution in [0.5, 0.6) is 0 Å². The van der Waals surface area contributed by atoms with Crippen LogP contribution in [0.15, 0.2) is 60.7 Å². The first kappa shape index (κ1) is 41.4. The molecule has 3 aromatic carbocycles. The van der Waals surface area contributed by atoms with Crippen molar-refractivity contribution in [2.75, 3.05) is 38.7 Å². The summed E-state index contributed by atoms with van der Waals surface area (Å²) in [6, 6.07) is 17.0. The summed E-state index contributed by atoms with van der Waals surface area (Å²) < 4.78 is 63.9. The number of aryl methyl sites for hydroxylation is 2. The largest absolute Gasteiger partial charge is 0.483 e. The van der Waals surface area contributed by atoms with Gasteiger partial charge in [-0.25, -0.2) is 9.37 Å². The van der Waals surface area contributed by atoms with Crippen molar-refractivity contribution >= 4 is 41.9 Å². The molecule has 51 heavy (non-hydrogen) atoms. The van der Waals surface area contributed by atoms with Crippen molar-refractivity contribution in [2.45, 2.75) is 52.3 Å². The molecule has 1 aliphatic carbocycles. The van der Waals surface area contributed by atoms with Gasteiger partial charge in [0.15, 0.2) is 0 Å². The molecular weight excluding hydrogens is 686 g/mol. The quantitative estimate of drug-likeness (QED) is 0.0953. The molecule has 1 aliphatic heterocycles. The van der Waals surface area contributed by atoms with E-state index in [0.29, 0.717) is 25.7 Å². The van der Waals surface area contributed by atoms with Crippen molar-refractivity contribution < 1.29 is 37.0 Å². The van der Waals surface area contributed by atoms with Crippen LogP contribution >= 0.6 is 12.8 Å². The van der Waals surface area contributed by atoms with Crippen LogP contribution in [0.1, 0.15) is 50.1 Å². The number of ether oxygens (including phenoxy) is 1. The van der Waals surface area contributed by atoms with Gasteiger partial charge in [-0.3, -0.25) is 19.2 Å². The highest BCUT2D eigenvalue weighted by atomic mass is 32.1. The Bertz CT molecular complexity index is 1750. The lowest BCUT2D eigenvalue weighted by Crippen LogP contribution is -2.50. The standard InChI is InChI=1S/C34H36F4N4O2.CH5NS.CH2O2.CH4/c1-20-27(23-6-4-22(5-7-23)24-8-11-32-31(16-24)39-21(2)41(32)3)18-26(42-12-14-44-15-13-42)19-28(20)33(43)40-30-10-9-25(17-29(30)35)34(36,37)38;1-2-3;2-1-3;/h4-11,16-17,20,26-28H,12-15,18-19H2,1-3H3,(H,40,43);2-3H,1H3;1H,(H,2,3);1H4/t20-,26?,27?,28?;;;/m1.../s1. The number of carbonyl (C=O) groups excluding carboxylic acids is 1. The van der Waals surface area contributed by atoms with Crippen LogP contribution in [0, 0.1) is 24.6 Å². The van der Waals surface area contributed by atoms with E-state index >= 15 is 0 Å². The predicted octanol–water partition coefficient (Wildman–Crippen LogP) is 7.56. The number of halogens is 4. The van der Waals surface area contributed by atoms with Gasteiger partial charge in [0.25, 0.3) is 6.47 Å². The highest BCUT2D eigenvalue weighted by Gasteiger charge is 2.42. The molecule has 14 heteroatoms. The number of hydrogen-bond acceptors (Lipinski definition) is 7. The van der Waals surface area contributed by atoms with E-state index < -0.39 is 23.5 Å². The molecule has 3 N–H and O–H groups in total. The summed E-state index contributed by atoms with van der Waals surface area (Å²) in [7, 11) is 3.74. The number of morpholine rings is 1. The topological polar surface area (TPSA) is 109 Å². The van der Waals surface area contributed by atoms with Crippen LogP contribution in [-0.4, -0.2) is 71.3 Å². The summed E-state index contributed by atoms with van der Waals surface area (Å²) in [5.41, 5.74) is 3.94. The fourth-order valence-corrected chi connectivity index (χ4v) is 6.86. The van der Waals surface area contributed by atoms with Crippen molar-refractivity contribution in [2.24, 2.45) is 18.9 Å². The van der Waals surface area contributed by atoms with Gasteiger partial charge < -0.3 is 19.7 Å². The SMILES string of the molecule is C.CNS.Cc1nc2cc(-c3ccc(C4CC(N5CCOCC5)CC(C(=O)Nc5ccc(C(F)(F)F)cc5F)[C@@H]4C)cc3)ccc2n1C.O=CO. The van der Waals surface area contributed by atoms with Crippen LogP contribution in [0.2, 0.25) is 0 Å². The smallest absolute Gasteiger partial charge is 0.416 e. The molecule has 2 heterocycles. The fraction of sp³-hybridized carbons (Fsp3) is 0.432. The Morgan fingerprint density at radius 2 is 1.65 bits per heavy atom. The van der Waals surface area contributed by atoms with Crippen LogP contribution in [0.3, 0.4) is 0 Å². The fourth-order valence-electron chi connectivity index (χ4n) is 6.86.